The van der Waals surface area contributed by atoms with Crippen molar-refractivity contribution in [1.82, 2.24) is 0 Å². The highest BCUT2D eigenvalue weighted by atomic mass is 16.6. The van der Waals surface area contributed by atoms with Crippen molar-refractivity contribution in [2.75, 3.05) is 7.11 Å². The first-order valence-electron chi connectivity index (χ1n) is 10.5. The fourth-order valence-electron chi connectivity index (χ4n) is 5.76. The topological polar surface area (TPSA) is 88.5 Å². The lowest BCUT2D eigenvalue weighted by Crippen LogP contribution is -2.41. The molecule has 7 unspecified atom stereocenters. The molecule has 4 rings (SSSR count). The van der Waals surface area contributed by atoms with Crippen LogP contribution in [0.4, 0.5) is 0 Å². The summed E-state index contributed by atoms with van der Waals surface area (Å²) in [6.45, 7) is 8.33. The first kappa shape index (κ1) is 20.5. The monoisotopic (exact) mass is 404 g/mol. The minimum atomic E-state index is -0.911. The number of hydrogen-bond acceptors (Lipinski definition) is 6. The SMILES string of the molecule is COc1cc(C(=O)OC2CC(C)(O)C3CC4OC4(C)C3CC2C(C)C)ccc1O. The number of carbonyl (C=O) groups is 1. The zero-order chi connectivity index (χ0) is 21.1. The third-order valence-corrected chi connectivity index (χ3v) is 7.62. The number of aliphatic hydroxyl groups is 1. The zero-order valence-corrected chi connectivity index (χ0v) is 17.8. The molecule has 2 saturated carbocycles. The molecule has 3 aliphatic rings. The molecule has 2 aliphatic carbocycles. The number of aromatic hydroxyl groups is 1. The highest BCUT2D eigenvalue weighted by Gasteiger charge is 2.69. The van der Waals surface area contributed by atoms with E-state index in [0.29, 0.717) is 17.9 Å². The van der Waals surface area contributed by atoms with Gasteiger partial charge in [-0.3, -0.25) is 0 Å². The van der Waals surface area contributed by atoms with Gasteiger partial charge in [0.15, 0.2) is 11.5 Å². The van der Waals surface area contributed by atoms with Gasteiger partial charge in [0.2, 0.25) is 0 Å². The number of benzene rings is 1. The summed E-state index contributed by atoms with van der Waals surface area (Å²) in [6, 6.07) is 4.43. The van der Waals surface area contributed by atoms with Crippen LogP contribution >= 0.6 is 0 Å². The highest BCUT2D eigenvalue weighted by molar-refractivity contribution is 5.90. The first-order chi connectivity index (χ1) is 13.6. The first-order valence-corrected chi connectivity index (χ1v) is 10.5. The van der Waals surface area contributed by atoms with E-state index in [4.69, 9.17) is 14.2 Å². The Hall–Kier alpha value is -1.79. The summed E-state index contributed by atoms with van der Waals surface area (Å²) in [5.41, 5.74) is -0.736. The molecule has 1 aromatic carbocycles. The van der Waals surface area contributed by atoms with Crippen molar-refractivity contribution in [2.24, 2.45) is 23.7 Å². The fraction of sp³-hybridized carbons (Fsp3) is 0.696. The fourth-order valence-corrected chi connectivity index (χ4v) is 5.76. The standard InChI is InChI=1S/C23H32O6/c1-12(2)14-9-16-15(10-20-23(16,4)29-20)22(3,26)11-19(14)28-21(25)13-6-7-17(24)18(8-13)27-5/h6-8,12,14-16,19-20,24,26H,9-11H2,1-5H3. The second-order valence-electron chi connectivity index (χ2n) is 9.77. The maximum atomic E-state index is 12.9. The third-order valence-electron chi connectivity index (χ3n) is 7.62. The summed E-state index contributed by atoms with van der Waals surface area (Å²) in [5, 5.41) is 21.1. The molecule has 2 N–H and O–H groups in total. The number of esters is 1. The zero-order valence-electron chi connectivity index (χ0n) is 17.8. The third kappa shape index (κ3) is 3.40. The Balaban J connectivity index is 1.59. The lowest BCUT2D eigenvalue weighted by Gasteiger charge is -2.35. The van der Waals surface area contributed by atoms with Gasteiger partial charge in [0.1, 0.15) is 6.10 Å². The molecule has 7 atom stereocenters. The molecule has 1 aliphatic heterocycles. The van der Waals surface area contributed by atoms with E-state index in [0.717, 1.165) is 12.8 Å². The van der Waals surface area contributed by atoms with E-state index >= 15 is 0 Å². The molecule has 3 fully saturated rings. The van der Waals surface area contributed by atoms with Crippen LogP contribution in [-0.4, -0.2) is 46.7 Å². The van der Waals surface area contributed by atoms with Crippen molar-refractivity contribution in [3.63, 3.8) is 0 Å². The van der Waals surface area contributed by atoms with Crippen LogP contribution in [0.2, 0.25) is 0 Å². The number of hydrogen-bond donors (Lipinski definition) is 2. The molecule has 160 valence electrons. The van der Waals surface area contributed by atoms with Crippen molar-refractivity contribution in [1.29, 1.82) is 0 Å². The van der Waals surface area contributed by atoms with Crippen LogP contribution in [0.5, 0.6) is 11.5 Å². The number of methoxy groups -OCH3 is 1. The number of ether oxygens (including phenoxy) is 3. The van der Waals surface area contributed by atoms with E-state index in [-0.39, 0.29) is 47.1 Å². The van der Waals surface area contributed by atoms with Gasteiger partial charge in [-0.05, 0) is 68.6 Å². The summed E-state index contributed by atoms with van der Waals surface area (Å²) in [7, 11) is 1.44. The molecule has 1 saturated heterocycles. The van der Waals surface area contributed by atoms with Gasteiger partial charge >= 0.3 is 5.97 Å². The number of phenols is 1. The van der Waals surface area contributed by atoms with Gasteiger partial charge in [-0.1, -0.05) is 13.8 Å². The van der Waals surface area contributed by atoms with Crippen LogP contribution in [0.25, 0.3) is 0 Å². The molecule has 1 heterocycles. The largest absolute Gasteiger partial charge is 0.504 e. The van der Waals surface area contributed by atoms with E-state index in [2.05, 4.69) is 20.8 Å². The summed E-state index contributed by atoms with van der Waals surface area (Å²) in [5.74, 6) is 0.608. The summed E-state index contributed by atoms with van der Waals surface area (Å²) in [6.07, 6.45) is 2.03. The van der Waals surface area contributed by atoms with Gasteiger partial charge in [-0.15, -0.1) is 0 Å². The van der Waals surface area contributed by atoms with Gasteiger partial charge in [0.25, 0.3) is 0 Å². The van der Waals surface area contributed by atoms with Crippen molar-refractivity contribution in [3.8, 4) is 11.5 Å². The number of carbonyl (C=O) groups excluding carboxylic acids is 1. The molecule has 6 heteroatoms. The number of fused-ring (bicyclic) bond motifs is 3. The number of epoxide rings is 1. The molecular weight excluding hydrogens is 372 g/mol. The smallest absolute Gasteiger partial charge is 0.338 e. The van der Waals surface area contributed by atoms with E-state index in [1.807, 2.05) is 6.92 Å². The van der Waals surface area contributed by atoms with Crippen LogP contribution < -0.4 is 4.74 Å². The quantitative estimate of drug-likeness (QED) is 0.589. The van der Waals surface area contributed by atoms with Crippen molar-refractivity contribution in [2.45, 2.75) is 70.4 Å². The molecule has 6 nitrogen and oxygen atoms in total. The normalized spacial score (nSPS) is 40.7. The van der Waals surface area contributed by atoms with Crippen molar-refractivity contribution < 1.29 is 29.2 Å². The molecule has 0 radical (unpaired) electrons. The molecule has 0 bridgehead atoms. The Morgan fingerprint density at radius 1 is 1.24 bits per heavy atom. The molecule has 0 spiro atoms. The lowest BCUT2D eigenvalue weighted by atomic mass is 9.76. The van der Waals surface area contributed by atoms with Gasteiger partial charge < -0.3 is 24.4 Å². The van der Waals surface area contributed by atoms with Gasteiger partial charge in [-0.2, -0.15) is 0 Å². The predicted molar refractivity (Wildman–Crippen MR) is 107 cm³/mol. The van der Waals surface area contributed by atoms with Crippen LogP contribution in [-0.2, 0) is 9.47 Å². The lowest BCUT2D eigenvalue weighted by molar-refractivity contribution is -0.0657. The van der Waals surface area contributed by atoms with Crippen LogP contribution in [0, 0.1) is 23.7 Å². The summed E-state index contributed by atoms with van der Waals surface area (Å²) >= 11 is 0. The van der Waals surface area contributed by atoms with E-state index in [1.165, 1.54) is 25.3 Å². The van der Waals surface area contributed by atoms with E-state index in [1.54, 1.807) is 0 Å². The van der Waals surface area contributed by atoms with E-state index < -0.39 is 11.6 Å². The van der Waals surface area contributed by atoms with Crippen molar-refractivity contribution in [3.05, 3.63) is 23.8 Å². The average molecular weight is 405 g/mol. The Morgan fingerprint density at radius 2 is 1.97 bits per heavy atom. The molecule has 1 aromatic rings. The molecule has 0 aromatic heterocycles. The minimum Gasteiger partial charge on any atom is -0.504 e. The Bertz CT molecular complexity index is 803. The highest BCUT2D eigenvalue weighted by Crippen LogP contribution is 2.63. The van der Waals surface area contributed by atoms with Crippen LogP contribution in [0.15, 0.2) is 18.2 Å². The Kier molecular flexibility index (Phi) is 4.86. The second-order valence-corrected chi connectivity index (χ2v) is 9.77. The van der Waals surface area contributed by atoms with Gasteiger partial charge in [-0.25, -0.2) is 4.79 Å². The van der Waals surface area contributed by atoms with Crippen LogP contribution in [0.3, 0.4) is 0 Å². The maximum Gasteiger partial charge on any atom is 0.338 e. The number of rotatable bonds is 4. The van der Waals surface area contributed by atoms with Crippen molar-refractivity contribution >= 4 is 5.97 Å². The molecule has 0 amide bonds. The molecule has 29 heavy (non-hydrogen) atoms. The van der Waals surface area contributed by atoms with Gasteiger partial charge in [0, 0.05) is 6.42 Å². The second kappa shape index (κ2) is 6.88. The predicted octanol–water partition coefficient (Wildman–Crippen LogP) is 3.54. The van der Waals surface area contributed by atoms with Gasteiger partial charge in [0.05, 0.1) is 30.0 Å². The Labute approximate surface area is 172 Å². The molecular formula is C23H32O6. The summed E-state index contributed by atoms with van der Waals surface area (Å²) < 4.78 is 17.0. The maximum absolute atomic E-state index is 12.9. The van der Waals surface area contributed by atoms with E-state index in [9.17, 15) is 15.0 Å². The summed E-state index contributed by atoms with van der Waals surface area (Å²) in [4.78, 5) is 12.9. The minimum absolute atomic E-state index is 0.0263. The number of phenolic OH excluding ortho intramolecular Hbond substituents is 1. The Morgan fingerprint density at radius 3 is 2.62 bits per heavy atom. The van der Waals surface area contributed by atoms with Crippen LogP contribution in [0.1, 0.15) is 57.3 Å². The average Bonchev–Trinajstić information content (AvgIpc) is 3.24.